The summed E-state index contributed by atoms with van der Waals surface area (Å²) in [5, 5.41) is 10.7. The van der Waals surface area contributed by atoms with Crippen LogP contribution < -0.4 is 5.32 Å². The van der Waals surface area contributed by atoms with E-state index in [1.165, 1.54) is 0 Å². The lowest BCUT2D eigenvalue weighted by Crippen LogP contribution is -2.40. The molecule has 5 nitrogen and oxygen atoms in total. The normalized spacial score (nSPS) is 22.6. The van der Waals surface area contributed by atoms with Crippen LogP contribution in [0.5, 0.6) is 0 Å². The molecule has 8 heteroatoms. The van der Waals surface area contributed by atoms with Gasteiger partial charge in [0.25, 0.3) is 6.43 Å². The second-order valence-electron chi connectivity index (χ2n) is 6.47. The predicted octanol–water partition coefficient (Wildman–Crippen LogP) is 4.03. The van der Waals surface area contributed by atoms with Crippen LogP contribution in [0.1, 0.15) is 68.8 Å². The maximum Gasteiger partial charge on any atom is 0.407 e. The molecule has 124 valence electrons. The number of nitrogens with one attached hydrogen (secondary N) is 1. The summed E-state index contributed by atoms with van der Waals surface area (Å²) in [5.74, 6) is 0.154. The SMILES string of the molecule is CC(C)(C)OC(=O)NC1CCC(c2nnc(C(F)F)s2)CC1. The van der Waals surface area contributed by atoms with Crippen molar-refractivity contribution < 1.29 is 18.3 Å². The standard InChI is InChI=1S/C14H21F2N3O2S/c1-14(2,3)21-13(20)17-9-6-4-8(5-7-9)11-18-19-12(22-11)10(15)16/h8-10H,4-7H2,1-3H3,(H,17,20). The zero-order chi connectivity index (χ0) is 16.3. The van der Waals surface area contributed by atoms with Crippen LogP contribution in [-0.4, -0.2) is 27.9 Å². The number of amides is 1. The number of carbonyl (C=O) groups is 1. The first-order valence-corrected chi connectivity index (χ1v) is 8.17. The van der Waals surface area contributed by atoms with Crippen LogP contribution in [0.15, 0.2) is 0 Å². The number of hydrogen-bond acceptors (Lipinski definition) is 5. The fraction of sp³-hybridized carbons (Fsp3) is 0.786. The summed E-state index contributed by atoms with van der Waals surface area (Å²) in [4.78, 5) is 11.7. The van der Waals surface area contributed by atoms with Crippen molar-refractivity contribution in [3.05, 3.63) is 10.0 Å². The van der Waals surface area contributed by atoms with Crippen molar-refractivity contribution in [2.24, 2.45) is 0 Å². The Hall–Kier alpha value is -1.31. The van der Waals surface area contributed by atoms with Crippen molar-refractivity contribution in [3.63, 3.8) is 0 Å². The Labute approximate surface area is 132 Å². The molecule has 1 aliphatic carbocycles. The van der Waals surface area contributed by atoms with E-state index in [1.54, 1.807) is 0 Å². The first kappa shape index (κ1) is 17.1. The number of alkyl carbamates (subject to hydrolysis) is 1. The summed E-state index contributed by atoms with van der Waals surface area (Å²) in [6, 6.07) is 0.0635. The van der Waals surface area contributed by atoms with Crippen LogP contribution in [0.2, 0.25) is 0 Å². The Morgan fingerprint density at radius 3 is 2.41 bits per heavy atom. The fourth-order valence-electron chi connectivity index (χ4n) is 2.46. The van der Waals surface area contributed by atoms with Crippen LogP contribution in [0, 0.1) is 0 Å². The molecule has 1 heterocycles. The second-order valence-corrected chi connectivity index (χ2v) is 7.51. The van der Waals surface area contributed by atoms with Gasteiger partial charge in [0.2, 0.25) is 0 Å². The van der Waals surface area contributed by atoms with Crippen molar-refractivity contribution >= 4 is 17.4 Å². The van der Waals surface area contributed by atoms with Crippen molar-refractivity contribution in [2.75, 3.05) is 0 Å². The van der Waals surface area contributed by atoms with Crippen molar-refractivity contribution in [2.45, 2.75) is 70.4 Å². The summed E-state index contributed by atoms with van der Waals surface area (Å²) < 4.78 is 30.3. The first-order valence-electron chi connectivity index (χ1n) is 7.35. The molecule has 0 bridgehead atoms. The smallest absolute Gasteiger partial charge is 0.407 e. The Morgan fingerprint density at radius 2 is 1.91 bits per heavy atom. The molecule has 0 spiro atoms. The lowest BCUT2D eigenvalue weighted by Gasteiger charge is -2.29. The van der Waals surface area contributed by atoms with Crippen LogP contribution in [0.3, 0.4) is 0 Å². The number of halogens is 2. The van der Waals surface area contributed by atoms with Gasteiger partial charge in [-0.15, -0.1) is 10.2 Å². The highest BCUT2D eigenvalue weighted by atomic mass is 32.1. The largest absolute Gasteiger partial charge is 0.444 e. The van der Waals surface area contributed by atoms with Crippen LogP contribution in [-0.2, 0) is 4.74 Å². The van der Waals surface area contributed by atoms with E-state index in [-0.39, 0.29) is 17.0 Å². The third kappa shape index (κ3) is 4.86. The van der Waals surface area contributed by atoms with Crippen LogP contribution in [0.25, 0.3) is 0 Å². The van der Waals surface area contributed by atoms with Gasteiger partial charge in [0.1, 0.15) is 10.6 Å². The zero-order valence-electron chi connectivity index (χ0n) is 12.9. The van der Waals surface area contributed by atoms with Gasteiger partial charge >= 0.3 is 6.09 Å². The minimum atomic E-state index is -2.56. The first-order chi connectivity index (χ1) is 10.2. The second kappa shape index (κ2) is 6.85. The molecule has 22 heavy (non-hydrogen) atoms. The third-order valence-corrected chi connectivity index (χ3v) is 4.53. The summed E-state index contributed by atoms with van der Waals surface area (Å²) >= 11 is 0.986. The highest BCUT2D eigenvalue weighted by Crippen LogP contribution is 2.36. The monoisotopic (exact) mass is 333 g/mol. The van der Waals surface area contributed by atoms with Gasteiger partial charge in [-0.05, 0) is 46.5 Å². The zero-order valence-corrected chi connectivity index (χ0v) is 13.8. The average molecular weight is 333 g/mol. The molecule has 0 saturated heterocycles. The molecule has 1 fully saturated rings. The predicted molar refractivity (Wildman–Crippen MR) is 79.2 cm³/mol. The summed E-state index contributed by atoms with van der Waals surface area (Å²) in [7, 11) is 0. The molecule has 0 aliphatic heterocycles. The molecule has 0 atom stereocenters. The van der Waals surface area contributed by atoms with Gasteiger partial charge in [-0.1, -0.05) is 11.3 Å². The van der Waals surface area contributed by atoms with Gasteiger partial charge in [0.05, 0.1) is 0 Å². The molecular formula is C14H21F2N3O2S. The molecule has 1 amide bonds. The van der Waals surface area contributed by atoms with Gasteiger partial charge in [-0.2, -0.15) is 0 Å². The van der Waals surface area contributed by atoms with Crippen molar-refractivity contribution in [1.29, 1.82) is 0 Å². The minimum Gasteiger partial charge on any atom is -0.444 e. The fourth-order valence-corrected chi connectivity index (χ4v) is 3.33. The number of carbonyl (C=O) groups excluding carboxylic acids is 1. The Kier molecular flexibility index (Phi) is 5.31. The minimum absolute atomic E-state index is 0.0635. The van der Waals surface area contributed by atoms with Gasteiger partial charge in [-0.3, -0.25) is 0 Å². The molecule has 1 aromatic rings. The third-order valence-electron chi connectivity index (χ3n) is 3.44. The Balaban J connectivity index is 1.81. The van der Waals surface area contributed by atoms with Crippen molar-refractivity contribution in [1.82, 2.24) is 15.5 Å². The van der Waals surface area contributed by atoms with E-state index in [9.17, 15) is 13.6 Å². The number of rotatable bonds is 3. The average Bonchev–Trinajstić information content (AvgIpc) is 2.87. The number of alkyl halides is 2. The number of hydrogen-bond donors (Lipinski definition) is 1. The summed E-state index contributed by atoms with van der Waals surface area (Å²) in [5.41, 5.74) is -0.514. The number of nitrogens with zero attached hydrogens (tertiary/aromatic N) is 2. The summed E-state index contributed by atoms with van der Waals surface area (Å²) in [6.07, 6.45) is 0.209. The topological polar surface area (TPSA) is 64.1 Å². The van der Waals surface area contributed by atoms with Crippen molar-refractivity contribution in [3.8, 4) is 0 Å². The molecule has 1 aromatic heterocycles. The number of aromatic nitrogens is 2. The molecule has 1 aliphatic rings. The van der Waals surface area contributed by atoms with Crippen LogP contribution in [0.4, 0.5) is 13.6 Å². The lowest BCUT2D eigenvalue weighted by atomic mass is 9.86. The van der Waals surface area contributed by atoms with E-state index in [2.05, 4.69) is 15.5 Å². The van der Waals surface area contributed by atoms with E-state index < -0.39 is 18.1 Å². The highest BCUT2D eigenvalue weighted by Gasteiger charge is 2.28. The highest BCUT2D eigenvalue weighted by molar-refractivity contribution is 7.11. The Bertz CT molecular complexity index is 508. The van der Waals surface area contributed by atoms with Gasteiger partial charge < -0.3 is 10.1 Å². The molecule has 1 N–H and O–H groups in total. The van der Waals surface area contributed by atoms with E-state index in [0.717, 1.165) is 37.0 Å². The van der Waals surface area contributed by atoms with E-state index in [4.69, 9.17) is 4.74 Å². The van der Waals surface area contributed by atoms with Gasteiger partial charge in [0, 0.05) is 12.0 Å². The Morgan fingerprint density at radius 1 is 1.27 bits per heavy atom. The summed E-state index contributed by atoms with van der Waals surface area (Å²) in [6.45, 7) is 5.46. The van der Waals surface area contributed by atoms with Crippen LogP contribution >= 0.6 is 11.3 Å². The maximum atomic E-state index is 12.5. The number of ether oxygens (including phenoxy) is 1. The molecule has 0 radical (unpaired) electrons. The maximum absolute atomic E-state index is 12.5. The molecule has 0 unspecified atom stereocenters. The molecule has 2 rings (SSSR count). The lowest BCUT2D eigenvalue weighted by molar-refractivity contribution is 0.0491. The van der Waals surface area contributed by atoms with Gasteiger partial charge in [0.15, 0.2) is 5.01 Å². The quantitative estimate of drug-likeness (QED) is 0.907. The molecule has 0 aromatic carbocycles. The van der Waals surface area contributed by atoms with Gasteiger partial charge in [-0.25, -0.2) is 13.6 Å². The molecular weight excluding hydrogens is 312 g/mol. The van der Waals surface area contributed by atoms with E-state index in [0.29, 0.717) is 5.01 Å². The van der Waals surface area contributed by atoms with E-state index >= 15 is 0 Å². The van der Waals surface area contributed by atoms with E-state index in [1.807, 2.05) is 20.8 Å². The molecule has 1 saturated carbocycles.